The van der Waals surface area contributed by atoms with Gasteiger partial charge in [-0.15, -0.1) is 10.2 Å². The first kappa shape index (κ1) is 19.5. The second-order valence-electron chi connectivity index (χ2n) is 7.62. The summed E-state index contributed by atoms with van der Waals surface area (Å²) in [5.41, 5.74) is 1.15. The number of nitrogens with zero attached hydrogens (tertiary/aromatic N) is 5. The molecule has 2 aliphatic rings. The third-order valence-electron chi connectivity index (χ3n) is 5.91. The lowest BCUT2D eigenvalue weighted by atomic mass is 9.94. The molecule has 28 heavy (non-hydrogen) atoms. The van der Waals surface area contributed by atoms with E-state index in [0.29, 0.717) is 12.1 Å². The Morgan fingerprint density at radius 1 is 1.18 bits per heavy atom. The second kappa shape index (κ2) is 9.13. The number of aliphatic imine (C=N–C) groups is 1. The van der Waals surface area contributed by atoms with Gasteiger partial charge in [-0.2, -0.15) is 11.8 Å². The summed E-state index contributed by atoms with van der Waals surface area (Å²) in [6, 6.07) is 5.93. The van der Waals surface area contributed by atoms with Gasteiger partial charge in [0.2, 0.25) is 0 Å². The molecule has 1 saturated carbocycles. The minimum atomic E-state index is 0.290. The zero-order chi connectivity index (χ0) is 19.2. The molecule has 2 aromatic rings. The lowest BCUT2D eigenvalue weighted by molar-refractivity contribution is 0.107. The summed E-state index contributed by atoms with van der Waals surface area (Å²) in [6.45, 7) is 6.85. The van der Waals surface area contributed by atoms with Crippen molar-refractivity contribution in [3.8, 4) is 0 Å². The largest absolute Gasteiger partial charge is 0.357 e. The first-order chi connectivity index (χ1) is 13.8. The molecule has 0 unspecified atom stereocenters. The number of hydrogen-bond acceptors (Lipinski definition) is 5. The second-order valence-corrected chi connectivity index (χ2v) is 8.85. The van der Waals surface area contributed by atoms with Crippen molar-refractivity contribution in [3.05, 3.63) is 30.2 Å². The van der Waals surface area contributed by atoms with Crippen LogP contribution in [0.4, 0.5) is 0 Å². The predicted molar refractivity (Wildman–Crippen MR) is 116 cm³/mol. The third-order valence-corrected chi connectivity index (χ3v) is 6.85. The Hall–Kier alpha value is -1.80. The highest BCUT2D eigenvalue weighted by Gasteiger charge is 2.39. The summed E-state index contributed by atoms with van der Waals surface area (Å²) in [5, 5.41) is 15.6. The van der Waals surface area contributed by atoms with Gasteiger partial charge in [-0.1, -0.05) is 18.9 Å². The zero-order valence-electron chi connectivity index (χ0n) is 16.7. The van der Waals surface area contributed by atoms with E-state index in [2.05, 4.69) is 44.4 Å². The molecule has 2 N–H and O–H groups in total. The molecule has 7 nitrogen and oxygen atoms in total. The Kier molecular flexibility index (Phi) is 6.36. The number of pyridine rings is 1. The van der Waals surface area contributed by atoms with E-state index >= 15 is 0 Å². The van der Waals surface area contributed by atoms with Crippen LogP contribution in [0.2, 0.25) is 0 Å². The first-order valence-electron chi connectivity index (χ1n) is 10.4. The standard InChI is InChI=1S/C20H31N7S/c1-2-21-19(22-15-18-25-24-17-7-3-6-10-27(17)18)23-16-20(8-4-5-9-20)26-11-13-28-14-12-26/h3,6-7,10H,2,4-5,8-9,11-16H2,1H3,(H2,21,22,23). The summed E-state index contributed by atoms with van der Waals surface area (Å²) in [7, 11) is 0. The summed E-state index contributed by atoms with van der Waals surface area (Å²) in [4.78, 5) is 7.53. The van der Waals surface area contributed by atoms with E-state index in [-0.39, 0.29) is 0 Å². The van der Waals surface area contributed by atoms with Crippen molar-refractivity contribution >= 4 is 23.4 Å². The molecule has 4 rings (SSSR count). The van der Waals surface area contributed by atoms with Crippen LogP contribution in [0.5, 0.6) is 0 Å². The topological polar surface area (TPSA) is 69.8 Å². The number of hydrogen-bond donors (Lipinski definition) is 2. The van der Waals surface area contributed by atoms with Gasteiger partial charge in [-0.05, 0) is 31.9 Å². The Balaban J connectivity index is 1.44. The molecule has 0 spiro atoms. The van der Waals surface area contributed by atoms with E-state index in [0.717, 1.165) is 30.5 Å². The van der Waals surface area contributed by atoms with Crippen LogP contribution in [-0.4, -0.2) is 68.7 Å². The van der Waals surface area contributed by atoms with Crippen LogP contribution in [0.1, 0.15) is 38.4 Å². The molecule has 1 aliphatic carbocycles. The van der Waals surface area contributed by atoms with Crippen molar-refractivity contribution < 1.29 is 0 Å². The number of thioether (sulfide) groups is 1. The first-order valence-corrected chi connectivity index (χ1v) is 11.6. The molecule has 152 valence electrons. The van der Waals surface area contributed by atoms with Crippen LogP contribution in [0.15, 0.2) is 29.4 Å². The van der Waals surface area contributed by atoms with E-state index < -0.39 is 0 Å². The summed E-state index contributed by atoms with van der Waals surface area (Å²) >= 11 is 2.08. The molecule has 1 saturated heterocycles. The van der Waals surface area contributed by atoms with Gasteiger partial charge < -0.3 is 10.6 Å². The van der Waals surface area contributed by atoms with Gasteiger partial charge >= 0.3 is 0 Å². The van der Waals surface area contributed by atoms with E-state index in [1.807, 2.05) is 28.8 Å². The maximum Gasteiger partial charge on any atom is 0.191 e. The number of nitrogens with one attached hydrogen (secondary N) is 2. The fraction of sp³-hybridized carbons (Fsp3) is 0.650. The maximum absolute atomic E-state index is 4.79. The molecule has 0 bridgehead atoms. The van der Waals surface area contributed by atoms with E-state index in [4.69, 9.17) is 4.99 Å². The molecule has 2 fully saturated rings. The van der Waals surface area contributed by atoms with Gasteiger partial charge in [0.15, 0.2) is 17.4 Å². The molecule has 0 atom stereocenters. The molecule has 3 heterocycles. The number of rotatable bonds is 6. The molecular weight excluding hydrogens is 370 g/mol. The summed E-state index contributed by atoms with van der Waals surface area (Å²) in [6.07, 6.45) is 7.25. The summed E-state index contributed by atoms with van der Waals surface area (Å²) < 4.78 is 2.00. The Morgan fingerprint density at radius 3 is 2.79 bits per heavy atom. The minimum Gasteiger partial charge on any atom is -0.357 e. The van der Waals surface area contributed by atoms with Gasteiger partial charge in [0, 0.05) is 49.4 Å². The normalized spacial score (nSPS) is 20.5. The van der Waals surface area contributed by atoms with Crippen LogP contribution >= 0.6 is 11.8 Å². The number of guanidine groups is 1. The molecule has 0 radical (unpaired) electrons. The van der Waals surface area contributed by atoms with Crippen molar-refractivity contribution in [1.82, 2.24) is 30.1 Å². The van der Waals surface area contributed by atoms with Crippen LogP contribution in [0.25, 0.3) is 5.65 Å². The molecule has 0 amide bonds. The van der Waals surface area contributed by atoms with E-state index in [1.165, 1.54) is 50.3 Å². The van der Waals surface area contributed by atoms with Gasteiger partial charge in [0.05, 0.1) is 0 Å². The summed E-state index contributed by atoms with van der Waals surface area (Å²) in [5.74, 6) is 4.25. The van der Waals surface area contributed by atoms with Crippen LogP contribution in [-0.2, 0) is 6.54 Å². The van der Waals surface area contributed by atoms with Crippen LogP contribution < -0.4 is 10.6 Å². The highest BCUT2D eigenvalue weighted by Crippen LogP contribution is 2.36. The van der Waals surface area contributed by atoms with Crippen molar-refractivity contribution in [1.29, 1.82) is 0 Å². The Morgan fingerprint density at radius 2 is 2.00 bits per heavy atom. The molecule has 1 aliphatic heterocycles. The Labute approximate surface area is 171 Å². The van der Waals surface area contributed by atoms with E-state index in [9.17, 15) is 0 Å². The molecule has 2 aromatic heterocycles. The SMILES string of the molecule is CCNC(=NCc1nnc2ccccn12)NCC1(N2CCSCC2)CCCC1. The van der Waals surface area contributed by atoms with Crippen molar-refractivity contribution in [2.24, 2.45) is 4.99 Å². The highest BCUT2D eigenvalue weighted by molar-refractivity contribution is 7.99. The van der Waals surface area contributed by atoms with Crippen molar-refractivity contribution in [2.75, 3.05) is 37.7 Å². The van der Waals surface area contributed by atoms with Crippen LogP contribution in [0.3, 0.4) is 0 Å². The number of aromatic nitrogens is 3. The van der Waals surface area contributed by atoms with Gasteiger partial charge in [-0.3, -0.25) is 9.30 Å². The monoisotopic (exact) mass is 401 g/mol. The predicted octanol–water partition coefficient (Wildman–Crippen LogP) is 2.15. The molecule has 8 heteroatoms. The van der Waals surface area contributed by atoms with Gasteiger partial charge in [-0.25, -0.2) is 4.99 Å². The molecule has 0 aromatic carbocycles. The maximum atomic E-state index is 4.79. The fourth-order valence-electron chi connectivity index (χ4n) is 4.41. The fourth-order valence-corrected chi connectivity index (χ4v) is 5.32. The average molecular weight is 402 g/mol. The van der Waals surface area contributed by atoms with E-state index in [1.54, 1.807) is 0 Å². The van der Waals surface area contributed by atoms with Gasteiger partial charge in [0.1, 0.15) is 6.54 Å². The smallest absolute Gasteiger partial charge is 0.191 e. The third kappa shape index (κ3) is 4.27. The average Bonchev–Trinajstić information content (AvgIpc) is 3.39. The highest BCUT2D eigenvalue weighted by atomic mass is 32.2. The molecular formula is C20H31N7S. The lowest BCUT2D eigenvalue weighted by Gasteiger charge is -2.43. The Bertz CT molecular complexity index is 791. The van der Waals surface area contributed by atoms with Gasteiger partial charge in [0.25, 0.3) is 0 Å². The van der Waals surface area contributed by atoms with Crippen LogP contribution in [0, 0.1) is 0 Å². The zero-order valence-corrected chi connectivity index (χ0v) is 17.5. The number of fused-ring (bicyclic) bond motifs is 1. The minimum absolute atomic E-state index is 0.290. The quantitative estimate of drug-likeness (QED) is 0.571. The lowest BCUT2D eigenvalue weighted by Crippen LogP contribution is -2.57. The van der Waals surface area contributed by atoms with Crippen molar-refractivity contribution in [3.63, 3.8) is 0 Å². The van der Waals surface area contributed by atoms with Crippen molar-refractivity contribution in [2.45, 2.75) is 44.7 Å².